The minimum absolute atomic E-state index is 0.00200. The summed E-state index contributed by atoms with van der Waals surface area (Å²) in [4.78, 5) is 16.4. The van der Waals surface area contributed by atoms with Crippen molar-refractivity contribution in [3.63, 3.8) is 0 Å². The average Bonchev–Trinajstić information content (AvgIpc) is 3.15. The molecule has 1 aromatic heterocycles. The predicted octanol–water partition coefficient (Wildman–Crippen LogP) is 3.53. The molecule has 4 nitrogen and oxygen atoms in total. The fourth-order valence-corrected chi connectivity index (χ4v) is 3.46. The number of hydrogen-bond acceptors (Lipinski definition) is 4. The first-order chi connectivity index (χ1) is 11.8. The molecule has 126 valence electrons. The molecular weight excluding hydrogens is 320 g/mol. The van der Waals surface area contributed by atoms with Gasteiger partial charge in [0.05, 0.1) is 5.03 Å². The summed E-state index contributed by atoms with van der Waals surface area (Å²) in [6, 6.07) is 13.7. The van der Waals surface area contributed by atoms with E-state index in [9.17, 15) is 4.79 Å². The summed E-state index contributed by atoms with van der Waals surface area (Å²) in [5.41, 5.74) is 1.90. The number of thioether (sulfide) groups is 1. The summed E-state index contributed by atoms with van der Waals surface area (Å²) in [6.07, 6.45) is 3.90. The number of ether oxygens (including phenoxy) is 1. The Balaban J connectivity index is 1.43. The Labute approximate surface area is 147 Å². The standard InChI is InChI=1S/C19H22N2O2S/c22-19(21-11-8-15-9-12-23-13-15)17-6-4-16(5-7-17)14-24-18-3-1-2-10-20-18/h1-7,10,15H,8-9,11-14H2,(H,21,22)/t15-/m0/s1. The third kappa shape index (κ3) is 5.08. The molecule has 0 unspecified atom stereocenters. The minimum Gasteiger partial charge on any atom is -0.381 e. The highest BCUT2D eigenvalue weighted by Gasteiger charge is 2.15. The number of amides is 1. The molecule has 1 aromatic carbocycles. The van der Waals surface area contributed by atoms with Crippen LogP contribution in [0.4, 0.5) is 0 Å². The molecule has 0 spiro atoms. The van der Waals surface area contributed by atoms with Crippen molar-refractivity contribution in [2.75, 3.05) is 19.8 Å². The average molecular weight is 342 g/mol. The lowest BCUT2D eigenvalue weighted by Crippen LogP contribution is -2.26. The fourth-order valence-electron chi connectivity index (χ4n) is 2.64. The van der Waals surface area contributed by atoms with Crippen LogP contribution in [0.5, 0.6) is 0 Å². The van der Waals surface area contributed by atoms with Crippen molar-refractivity contribution in [3.8, 4) is 0 Å². The van der Waals surface area contributed by atoms with E-state index in [4.69, 9.17) is 4.74 Å². The van der Waals surface area contributed by atoms with Gasteiger partial charge in [-0.05, 0) is 48.6 Å². The molecule has 3 rings (SSSR count). The van der Waals surface area contributed by atoms with Gasteiger partial charge >= 0.3 is 0 Å². The first-order valence-corrected chi connectivity index (χ1v) is 9.28. The summed E-state index contributed by atoms with van der Waals surface area (Å²) >= 11 is 1.69. The monoisotopic (exact) mass is 342 g/mol. The molecule has 1 atom stereocenters. The van der Waals surface area contributed by atoms with Crippen LogP contribution in [0.3, 0.4) is 0 Å². The van der Waals surface area contributed by atoms with Crippen molar-refractivity contribution in [2.45, 2.75) is 23.6 Å². The Kier molecular flexibility index (Phi) is 6.26. The SMILES string of the molecule is O=C(NCC[C@H]1CCOC1)c1ccc(CSc2ccccn2)cc1. The molecule has 2 heterocycles. The third-order valence-electron chi connectivity index (χ3n) is 4.10. The van der Waals surface area contributed by atoms with E-state index in [-0.39, 0.29) is 5.91 Å². The van der Waals surface area contributed by atoms with E-state index >= 15 is 0 Å². The summed E-state index contributed by atoms with van der Waals surface area (Å²) in [5.74, 6) is 1.44. The quantitative estimate of drug-likeness (QED) is 0.782. The Bertz CT molecular complexity index is 640. The second-order valence-electron chi connectivity index (χ2n) is 5.93. The molecule has 1 aliphatic heterocycles. The van der Waals surface area contributed by atoms with Crippen LogP contribution in [0.2, 0.25) is 0 Å². The lowest BCUT2D eigenvalue weighted by Gasteiger charge is -2.09. The van der Waals surface area contributed by atoms with Gasteiger partial charge in [-0.1, -0.05) is 18.2 Å². The second kappa shape index (κ2) is 8.85. The smallest absolute Gasteiger partial charge is 0.251 e. The summed E-state index contributed by atoms with van der Waals surface area (Å²) < 4.78 is 5.35. The van der Waals surface area contributed by atoms with Crippen molar-refractivity contribution >= 4 is 17.7 Å². The number of benzene rings is 1. The van der Waals surface area contributed by atoms with Crippen molar-refractivity contribution < 1.29 is 9.53 Å². The maximum absolute atomic E-state index is 12.2. The van der Waals surface area contributed by atoms with E-state index in [2.05, 4.69) is 10.3 Å². The number of carbonyl (C=O) groups is 1. The molecule has 5 heteroatoms. The molecule has 1 saturated heterocycles. The highest BCUT2D eigenvalue weighted by Crippen LogP contribution is 2.20. The molecule has 1 N–H and O–H groups in total. The number of nitrogens with zero attached hydrogens (tertiary/aromatic N) is 1. The Morgan fingerprint density at radius 3 is 2.83 bits per heavy atom. The fraction of sp³-hybridized carbons (Fsp3) is 0.368. The number of aromatic nitrogens is 1. The third-order valence-corrected chi connectivity index (χ3v) is 5.12. The van der Waals surface area contributed by atoms with E-state index in [0.717, 1.165) is 36.8 Å². The highest BCUT2D eigenvalue weighted by molar-refractivity contribution is 7.98. The molecule has 1 aliphatic rings. The first-order valence-electron chi connectivity index (χ1n) is 8.30. The number of hydrogen-bond donors (Lipinski definition) is 1. The lowest BCUT2D eigenvalue weighted by molar-refractivity contribution is 0.0950. The molecule has 0 bridgehead atoms. The number of carbonyl (C=O) groups excluding carboxylic acids is 1. The van der Waals surface area contributed by atoms with Gasteiger partial charge in [0.15, 0.2) is 0 Å². The molecule has 24 heavy (non-hydrogen) atoms. The number of pyridine rings is 1. The van der Waals surface area contributed by atoms with E-state index in [1.165, 1.54) is 5.56 Å². The van der Waals surface area contributed by atoms with E-state index in [1.54, 1.807) is 18.0 Å². The lowest BCUT2D eigenvalue weighted by atomic mass is 10.1. The van der Waals surface area contributed by atoms with Gasteiger partial charge in [-0.2, -0.15) is 0 Å². The van der Waals surface area contributed by atoms with Crippen LogP contribution in [-0.4, -0.2) is 30.6 Å². The molecule has 1 fully saturated rings. The van der Waals surface area contributed by atoms with Crippen LogP contribution in [0.25, 0.3) is 0 Å². The van der Waals surface area contributed by atoms with Gasteiger partial charge < -0.3 is 10.1 Å². The molecular formula is C19H22N2O2S. The zero-order valence-corrected chi connectivity index (χ0v) is 14.4. The van der Waals surface area contributed by atoms with Crippen LogP contribution in [-0.2, 0) is 10.5 Å². The number of rotatable bonds is 7. The maximum atomic E-state index is 12.2. The van der Waals surface area contributed by atoms with Gasteiger partial charge in [0.25, 0.3) is 5.91 Å². The normalized spacial score (nSPS) is 16.9. The van der Waals surface area contributed by atoms with Gasteiger partial charge in [-0.25, -0.2) is 4.98 Å². The first kappa shape index (κ1) is 17.0. The zero-order valence-electron chi connectivity index (χ0n) is 13.6. The molecule has 1 amide bonds. The van der Waals surface area contributed by atoms with Crippen molar-refractivity contribution in [1.82, 2.24) is 10.3 Å². The van der Waals surface area contributed by atoms with E-state index in [1.807, 2.05) is 42.5 Å². The van der Waals surface area contributed by atoms with E-state index < -0.39 is 0 Å². The van der Waals surface area contributed by atoms with Gasteiger partial charge in [0.2, 0.25) is 0 Å². The largest absolute Gasteiger partial charge is 0.381 e. The molecule has 0 radical (unpaired) electrons. The Hall–Kier alpha value is -1.85. The van der Waals surface area contributed by atoms with Crippen LogP contribution in [0, 0.1) is 5.92 Å². The topological polar surface area (TPSA) is 51.2 Å². The van der Waals surface area contributed by atoms with Crippen LogP contribution < -0.4 is 5.32 Å². The van der Waals surface area contributed by atoms with Gasteiger partial charge in [0, 0.05) is 37.3 Å². The molecule has 0 saturated carbocycles. The Morgan fingerprint density at radius 1 is 1.25 bits per heavy atom. The van der Waals surface area contributed by atoms with E-state index in [0.29, 0.717) is 18.0 Å². The highest BCUT2D eigenvalue weighted by atomic mass is 32.2. The predicted molar refractivity (Wildman–Crippen MR) is 96.1 cm³/mol. The number of nitrogens with one attached hydrogen (secondary N) is 1. The molecule has 0 aliphatic carbocycles. The summed E-state index contributed by atoms with van der Waals surface area (Å²) in [7, 11) is 0. The van der Waals surface area contributed by atoms with Crippen molar-refractivity contribution in [1.29, 1.82) is 0 Å². The minimum atomic E-state index is -0.00200. The molecule has 2 aromatic rings. The van der Waals surface area contributed by atoms with Crippen LogP contribution in [0.1, 0.15) is 28.8 Å². The summed E-state index contributed by atoms with van der Waals surface area (Å²) in [5, 5.41) is 4.00. The van der Waals surface area contributed by atoms with Gasteiger partial charge in [0.1, 0.15) is 0 Å². The summed E-state index contributed by atoms with van der Waals surface area (Å²) in [6.45, 7) is 2.40. The second-order valence-corrected chi connectivity index (χ2v) is 6.92. The Morgan fingerprint density at radius 2 is 2.12 bits per heavy atom. The maximum Gasteiger partial charge on any atom is 0.251 e. The van der Waals surface area contributed by atoms with Gasteiger partial charge in [-0.15, -0.1) is 11.8 Å². The zero-order chi connectivity index (χ0) is 16.6. The van der Waals surface area contributed by atoms with Crippen LogP contribution >= 0.6 is 11.8 Å². The van der Waals surface area contributed by atoms with Crippen LogP contribution in [0.15, 0.2) is 53.7 Å². The van der Waals surface area contributed by atoms with Crippen molar-refractivity contribution in [3.05, 3.63) is 59.8 Å². The van der Waals surface area contributed by atoms with Crippen molar-refractivity contribution in [2.24, 2.45) is 5.92 Å². The van der Waals surface area contributed by atoms with Gasteiger partial charge in [-0.3, -0.25) is 4.79 Å².